The summed E-state index contributed by atoms with van der Waals surface area (Å²) in [7, 11) is -0.694. The van der Waals surface area contributed by atoms with Crippen LogP contribution in [-0.2, 0) is 29.7 Å². The Bertz CT molecular complexity index is 1200. The van der Waals surface area contributed by atoms with Crippen LogP contribution in [0.25, 0.3) is 0 Å². The number of ether oxygens (including phenoxy) is 2. The Kier molecular flexibility index (Phi) is 6.85. The number of hydrogen-bond donors (Lipinski definition) is 0. The van der Waals surface area contributed by atoms with Crippen molar-refractivity contribution in [2.45, 2.75) is 37.4 Å². The van der Waals surface area contributed by atoms with Gasteiger partial charge < -0.3 is 14.0 Å². The highest BCUT2D eigenvalue weighted by Crippen LogP contribution is 2.30. The predicted molar refractivity (Wildman–Crippen MR) is 126 cm³/mol. The number of rotatable bonds is 10. The monoisotopic (exact) mass is 468 g/mol. The molecule has 0 aliphatic heterocycles. The molecule has 1 aromatic heterocycles. The first kappa shape index (κ1) is 23.1. The fourth-order valence-corrected chi connectivity index (χ4v) is 5.06. The largest absolute Gasteiger partial charge is 0.497 e. The van der Waals surface area contributed by atoms with E-state index in [1.165, 1.54) is 27.2 Å². The van der Waals surface area contributed by atoms with Crippen molar-refractivity contribution in [1.82, 2.24) is 8.87 Å². The van der Waals surface area contributed by atoms with Crippen molar-refractivity contribution < 1.29 is 17.9 Å². The van der Waals surface area contributed by atoms with E-state index in [0.29, 0.717) is 24.0 Å². The number of nitrogens with zero attached hydrogens (tertiary/aromatic N) is 2. The van der Waals surface area contributed by atoms with Gasteiger partial charge in [0.05, 0.1) is 19.1 Å². The SMILES string of the molecule is COc1ccc(CN(Cc2ccc(OC)cc2)S(=O)(=O)c2ccc(=O)n(CC3CC3)c2)cc1. The van der Waals surface area contributed by atoms with E-state index < -0.39 is 10.0 Å². The van der Waals surface area contributed by atoms with Gasteiger partial charge >= 0.3 is 0 Å². The van der Waals surface area contributed by atoms with Gasteiger partial charge in [-0.15, -0.1) is 0 Å². The van der Waals surface area contributed by atoms with E-state index in [2.05, 4.69) is 0 Å². The molecule has 2 aromatic carbocycles. The molecule has 0 N–H and O–H groups in total. The molecule has 1 saturated carbocycles. The molecule has 7 nitrogen and oxygen atoms in total. The van der Waals surface area contributed by atoms with E-state index in [9.17, 15) is 13.2 Å². The van der Waals surface area contributed by atoms with Crippen molar-refractivity contribution in [3.8, 4) is 11.5 Å². The Balaban J connectivity index is 1.67. The molecule has 0 amide bonds. The Morgan fingerprint density at radius 3 is 1.82 bits per heavy atom. The van der Waals surface area contributed by atoms with Crippen LogP contribution in [0, 0.1) is 5.92 Å². The standard InChI is InChI=1S/C25H28N2O5S/c1-31-22-9-5-20(6-10-22)16-27(17-21-7-11-23(32-2)12-8-21)33(29,30)24-13-14-25(28)26(18-24)15-19-3-4-19/h5-14,18-19H,3-4,15-17H2,1-2H3. The second kappa shape index (κ2) is 9.80. The Hall–Kier alpha value is -3.10. The highest BCUT2D eigenvalue weighted by atomic mass is 32.2. The molecular formula is C25H28N2O5S. The maximum atomic E-state index is 13.7. The topological polar surface area (TPSA) is 77.8 Å². The van der Waals surface area contributed by atoms with E-state index in [-0.39, 0.29) is 23.5 Å². The number of hydrogen-bond acceptors (Lipinski definition) is 5. The van der Waals surface area contributed by atoms with Gasteiger partial charge in [-0.2, -0.15) is 4.31 Å². The Labute approximate surface area is 194 Å². The van der Waals surface area contributed by atoms with Gasteiger partial charge in [0.2, 0.25) is 10.0 Å². The lowest BCUT2D eigenvalue weighted by atomic mass is 10.2. The molecule has 1 heterocycles. The van der Waals surface area contributed by atoms with Crippen LogP contribution in [0.3, 0.4) is 0 Å². The lowest BCUT2D eigenvalue weighted by molar-refractivity contribution is 0.397. The zero-order valence-electron chi connectivity index (χ0n) is 18.8. The lowest BCUT2D eigenvalue weighted by Crippen LogP contribution is -2.31. The smallest absolute Gasteiger partial charge is 0.250 e. The third-order valence-corrected chi connectivity index (χ3v) is 7.56. The molecule has 0 saturated heterocycles. The minimum Gasteiger partial charge on any atom is -0.497 e. The maximum absolute atomic E-state index is 13.7. The average Bonchev–Trinajstić information content (AvgIpc) is 3.65. The number of sulfonamides is 1. The molecule has 1 fully saturated rings. The highest BCUT2D eigenvalue weighted by molar-refractivity contribution is 7.89. The molecule has 0 unspecified atom stereocenters. The molecule has 0 bridgehead atoms. The van der Waals surface area contributed by atoms with Gasteiger partial charge in [0, 0.05) is 31.9 Å². The summed E-state index contributed by atoms with van der Waals surface area (Å²) in [5.74, 6) is 1.86. The van der Waals surface area contributed by atoms with E-state index >= 15 is 0 Å². The number of benzene rings is 2. The van der Waals surface area contributed by atoms with Gasteiger partial charge in [-0.25, -0.2) is 8.42 Å². The average molecular weight is 469 g/mol. The van der Waals surface area contributed by atoms with Crippen molar-refractivity contribution >= 4 is 10.0 Å². The van der Waals surface area contributed by atoms with Gasteiger partial charge in [0.25, 0.3) is 5.56 Å². The van der Waals surface area contributed by atoms with Crippen LogP contribution < -0.4 is 15.0 Å². The fraction of sp³-hybridized carbons (Fsp3) is 0.320. The van der Waals surface area contributed by atoms with Crippen LogP contribution >= 0.6 is 0 Å². The van der Waals surface area contributed by atoms with Crippen LogP contribution in [0.4, 0.5) is 0 Å². The maximum Gasteiger partial charge on any atom is 0.250 e. The molecule has 174 valence electrons. The van der Waals surface area contributed by atoms with Crippen LogP contribution in [0.2, 0.25) is 0 Å². The van der Waals surface area contributed by atoms with Crippen molar-refractivity contribution in [2.75, 3.05) is 14.2 Å². The fourth-order valence-electron chi connectivity index (χ4n) is 3.63. The first-order valence-electron chi connectivity index (χ1n) is 10.9. The van der Waals surface area contributed by atoms with Crippen LogP contribution in [-0.4, -0.2) is 31.5 Å². The lowest BCUT2D eigenvalue weighted by Gasteiger charge is -2.23. The van der Waals surface area contributed by atoms with Crippen LogP contribution in [0.15, 0.2) is 76.6 Å². The van der Waals surface area contributed by atoms with E-state index in [1.807, 2.05) is 48.5 Å². The molecule has 3 aromatic rings. The predicted octanol–water partition coefficient (Wildman–Crippen LogP) is 3.67. The van der Waals surface area contributed by atoms with Gasteiger partial charge in [0.1, 0.15) is 11.5 Å². The van der Waals surface area contributed by atoms with E-state index in [0.717, 1.165) is 24.0 Å². The van der Waals surface area contributed by atoms with Gasteiger partial charge in [-0.05, 0) is 60.2 Å². The summed E-state index contributed by atoms with van der Waals surface area (Å²) < 4.78 is 40.8. The van der Waals surface area contributed by atoms with E-state index in [4.69, 9.17) is 9.47 Å². The quantitative estimate of drug-likeness (QED) is 0.454. The molecular weight excluding hydrogens is 440 g/mol. The summed E-state index contributed by atoms with van der Waals surface area (Å²) in [6.07, 6.45) is 3.62. The molecule has 0 atom stereocenters. The molecule has 33 heavy (non-hydrogen) atoms. The first-order chi connectivity index (χ1) is 15.9. The van der Waals surface area contributed by atoms with E-state index in [1.54, 1.807) is 14.2 Å². The molecule has 4 rings (SSSR count). The summed E-state index contributed by atoms with van der Waals surface area (Å²) in [5, 5.41) is 0. The van der Waals surface area contributed by atoms with Gasteiger partial charge in [-0.3, -0.25) is 4.79 Å². The Morgan fingerprint density at radius 2 is 1.36 bits per heavy atom. The normalized spacial score (nSPS) is 13.8. The van der Waals surface area contributed by atoms with Crippen LogP contribution in [0.1, 0.15) is 24.0 Å². The zero-order chi connectivity index (χ0) is 23.4. The number of pyridine rings is 1. The number of methoxy groups -OCH3 is 2. The number of aromatic nitrogens is 1. The van der Waals surface area contributed by atoms with Crippen molar-refractivity contribution in [1.29, 1.82) is 0 Å². The van der Waals surface area contributed by atoms with Gasteiger partial charge in [-0.1, -0.05) is 24.3 Å². The summed E-state index contributed by atoms with van der Waals surface area (Å²) in [6.45, 7) is 0.916. The summed E-state index contributed by atoms with van der Waals surface area (Å²) in [4.78, 5) is 12.4. The van der Waals surface area contributed by atoms with Crippen molar-refractivity contribution in [3.05, 3.63) is 88.3 Å². The van der Waals surface area contributed by atoms with Crippen molar-refractivity contribution in [3.63, 3.8) is 0 Å². The molecule has 0 spiro atoms. The third-order valence-electron chi connectivity index (χ3n) is 5.78. The second-order valence-electron chi connectivity index (χ2n) is 8.27. The van der Waals surface area contributed by atoms with Gasteiger partial charge in [0.15, 0.2) is 0 Å². The third kappa shape index (κ3) is 5.64. The minimum atomic E-state index is -3.87. The molecule has 1 aliphatic rings. The second-order valence-corrected chi connectivity index (χ2v) is 10.2. The first-order valence-corrected chi connectivity index (χ1v) is 12.3. The zero-order valence-corrected chi connectivity index (χ0v) is 19.6. The Morgan fingerprint density at radius 1 is 0.848 bits per heavy atom. The minimum absolute atomic E-state index is 0.116. The molecule has 8 heteroatoms. The summed E-state index contributed by atoms with van der Waals surface area (Å²) in [5.41, 5.74) is 1.48. The van der Waals surface area contributed by atoms with Crippen LogP contribution in [0.5, 0.6) is 11.5 Å². The molecule has 0 radical (unpaired) electrons. The summed E-state index contributed by atoms with van der Waals surface area (Å²) >= 11 is 0. The summed E-state index contributed by atoms with van der Waals surface area (Å²) in [6, 6.07) is 17.4. The highest BCUT2D eigenvalue weighted by Gasteiger charge is 2.27. The van der Waals surface area contributed by atoms with Crippen molar-refractivity contribution in [2.24, 2.45) is 5.92 Å². The molecule has 1 aliphatic carbocycles.